The number of para-hydroxylation sites is 1. The topological polar surface area (TPSA) is 39.2 Å². The van der Waals surface area contributed by atoms with Crippen molar-refractivity contribution in [3.05, 3.63) is 42.1 Å². The van der Waals surface area contributed by atoms with Crippen molar-refractivity contribution in [1.82, 2.24) is 4.98 Å². The van der Waals surface area contributed by atoms with E-state index < -0.39 is 5.60 Å². The molecule has 0 fully saturated rings. The lowest BCUT2D eigenvalue weighted by Crippen LogP contribution is -2.35. The number of ether oxygens (including phenoxy) is 1. The Morgan fingerprint density at radius 2 is 2.06 bits per heavy atom. The van der Waals surface area contributed by atoms with Crippen LogP contribution >= 0.6 is 0 Å². The summed E-state index contributed by atoms with van der Waals surface area (Å²) in [6, 6.07) is 9.61. The van der Waals surface area contributed by atoms with Gasteiger partial charge in [0.05, 0.1) is 5.52 Å². The first-order valence-corrected chi connectivity index (χ1v) is 6.08. The molecule has 18 heavy (non-hydrogen) atoms. The highest BCUT2D eigenvalue weighted by molar-refractivity contribution is 6.03. The van der Waals surface area contributed by atoms with Crippen molar-refractivity contribution < 1.29 is 9.53 Å². The van der Waals surface area contributed by atoms with E-state index in [0.717, 1.165) is 10.9 Å². The molecule has 0 aliphatic rings. The van der Waals surface area contributed by atoms with Crippen LogP contribution in [0.25, 0.3) is 10.9 Å². The van der Waals surface area contributed by atoms with Gasteiger partial charge >= 0.3 is 0 Å². The molecule has 0 saturated carbocycles. The minimum Gasteiger partial charge on any atom is -0.368 e. The maximum absolute atomic E-state index is 12.3. The summed E-state index contributed by atoms with van der Waals surface area (Å²) >= 11 is 0. The molecule has 0 spiro atoms. The number of hydrogen-bond donors (Lipinski definition) is 0. The minimum atomic E-state index is -0.807. The molecule has 1 aromatic heterocycles. The highest BCUT2D eigenvalue weighted by atomic mass is 16.5. The van der Waals surface area contributed by atoms with Gasteiger partial charge in [-0.3, -0.25) is 9.78 Å². The first kappa shape index (κ1) is 12.7. The zero-order chi connectivity index (χ0) is 13.2. The second-order valence-corrected chi connectivity index (χ2v) is 4.69. The first-order chi connectivity index (χ1) is 8.54. The van der Waals surface area contributed by atoms with Crippen LogP contribution in [-0.2, 0) is 4.74 Å². The Morgan fingerprint density at radius 3 is 2.78 bits per heavy atom. The summed E-state index contributed by atoms with van der Waals surface area (Å²) in [6.45, 7) is 5.97. The van der Waals surface area contributed by atoms with E-state index in [1.54, 1.807) is 20.0 Å². The fourth-order valence-corrected chi connectivity index (χ4v) is 1.97. The molecule has 2 rings (SSSR count). The molecule has 3 heteroatoms. The van der Waals surface area contributed by atoms with E-state index in [1.165, 1.54) is 0 Å². The van der Waals surface area contributed by atoms with Gasteiger partial charge in [0.15, 0.2) is 5.78 Å². The Hall–Kier alpha value is -1.74. The lowest BCUT2D eigenvalue weighted by molar-refractivity contribution is 0.00124. The Morgan fingerprint density at radius 1 is 1.33 bits per heavy atom. The molecule has 0 atom stereocenters. The molecule has 0 amide bonds. The van der Waals surface area contributed by atoms with Crippen LogP contribution in [0.1, 0.15) is 31.1 Å². The van der Waals surface area contributed by atoms with Gasteiger partial charge < -0.3 is 4.74 Å². The van der Waals surface area contributed by atoms with Gasteiger partial charge in [0.25, 0.3) is 0 Å². The summed E-state index contributed by atoms with van der Waals surface area (Å²) in [5.74, 6) is -0.0393. The van der Waals surface area contributed by atoms with Crippen molar-refractivity contribution in [3.63, 3.8) is 0 Å². The Balaban J connectivity index is 2.39. The average molecular weight is 243 g/mol. The van der Waals surface area contributed by atoms with Crippen LogP contribution in [0.5, 0.6) is 0 Å². The molecular formula is C15H17NO2. The van der Waals surface area contributed by atoms with Crippen molar-refractivity contribution in [2.24, 2.45) is 0 Å². The fourth-order valence-electron chi connectivity index (χ4n) is 1.97. The van der Waals surface area contributed by atoms with E-state index in [4.69, 9.17) is 4.74 Å². The van der Waals surface area contributed by atoms with Gasteiger partial charge in [0, 0.05) is 23.8 Å². The molecule has 94 valence electrons. The van der Waals surface area contributed by atoms with Crippen LogP contribution < -0.4 is 0 Å². The number of nitrogens with zero attached hydrogens (tertiary/aromatic N) is 1. The van der Waals surface area contributed by atoms with Gasteiger partial charge in [0.2, 0.25) is 0 Å². The van der Waals surface area contributed by atoms with Crippen molar-refractivity contribution in [2.75, 3.05) is 6.61 Å². The lowest BCUT2D eigenvalue weighted by Gasteiger charge is -2.22. The zero-order valence-corrected chi connectivity index (χ0v) is 10.9. The monoisotopic (exact) mass is 243 g/mol. The summed E-state index contributed by atoms with van der Waals surface area (Å²) in [5.41, 5.74) is 0.675. The van der Waals surface area contributed by atoms with Crippen molar-refractivity contribution in [1.29, 1.82) is 0 Å². The number of rotatable bonds is 4. The molecule has 0 unspecified atom stereocenters. The number of hydrogen-bond acceptors (Lipinski definition) is 3. The Kier molecular flexibility index (Phi) is 3.43. The quantitative estimate of drug-likeness (QED) is 0.774. The molecule has 0 N–H and O–H groups in total. The predicted molar refractivity (Wildman–Crippen MR) is 71.8 cm³/mol. The van der Waals surface area contributed by atoms with E-state index in [9.17, 15) is 4.79 Å². The van der Waals surface area contributed by atoms with Crippen LogP contribution in [0, 0.1) is 0 Å². The molecule has 0 aliphatic heterocycles. The number of carbonyl (C=O) groups excluding carboxylic acids is 1. The van der Waals surface area contributed by atoms with Gasteiger partial charge in [-0.05, 0) is 32.9 Å². The third-order valence-corrected chi connectivity index (χ3v) is 2.90. The van der Waals surface area contributed by atoms with E-state index >= 15 is 0 Å². The fraction of sp³-hybridized carbons (Fsp3) is 0.333. The molecule has 1 aromatic carbocycles. The maximum Gasteiger partial charge on any atom is 0.195 e. The summed E-state index contributed by atoms with van der Waals surface area (Å²) in [7, 11) is 0. The second kappa shape index (κ2) is 4.86. The van der Waals surface area contributed by atoms with Crippen molar-refractivity contribution >= 4 is 16.7 Å². The van der Waals surface area contributed by atoms with E-state index in [-0.39, 0.29) is 5.78 Å². The Bertz CT molecular complexity index is 575. The van der Waals surface area contributed by atoms with Crippen LogP contribution in [0.3, 0.4) is 0 Å². The summed E-state index contributed by atoms with van der Waals surface area (Å²) in [5, 5.41) is 0.968. The highest BCUT2D eigenvalue weighted by Crippen LogP contribution is 2.19. The molecular weight excluding hydrogens is 226 g/mol. The van der Waals surface area contributed by atoms with Crippen LogP contribution in [0.15, 0.2) is 36.5 Å². The number of fused-ring (bicyclic) bond motifs is 1. The lowest BCUT2D eigenvalue weighted by atomic mass is 9.97. The summed E-state index contributed by atoms with van der Waals surface area (Å²) < 4.78 is 5.48. The zero-order valence-electron chi connectivity index (χ0n) is 10.9. The predicted octanol–water partition coefficient (Wildman–Crippen LogP) is 3.23. The van der Waals surface area contributed by atoms with Crippen molar-refractivity contribution in [3.8, 4) is 0 Å². The van der Waals surface area contributed by atoms with E-state index in [0.29, 0.717) is 12.2 Å². The van der Waals surface area contributed by atoms with Crippen molar-refractivity contribution in [2.45, 2.75) is 26.4 Å². The number of carbonyl (C=O) groups is 1. The van der Waals surface area contributed by atoms with Crippen LogP contribution in [0.2, 0.25) is 0 Å². The van der Waals surface area contributed by atoms with Gasteiger partial charge in [0.1, 0.15) is 5.60 Å². The van der Waals surface area contributed by atoms with E-state index in [1.807, 2.05) is 37.3 Å². The minimum absolute atomic E-state index is 0.0393. The normalized spacial score (nSPS) is 11.7. The van der Waals surface area contributed by atoms with Crippen LogP contribution in [0.4, 0.5) is 0 Å². The first-order valence-electron chi connectivity index (χ1n) is 6.08. The molecule has 0 radical (unpaired) electrons. The van der Waals surface area contributed by atoms with Gasteiger partial charge in [-0.15, -0.1) is 0 Å². The standard InChI is InChI=1S/C15H17NO2/c1-4-18-15(2,3)14(17)12-9-11-7-5-6-8-13(11)16-10-12/h5-10H,4H2,1-3H3. The van der Waals surface area contributed by atoms with Gasteiger partial charge in [-0.2, -0.15) is 0 Å². The Labute approximate surface area is 107 Å². The largest absolute Gasteiger partial charge is 0.368 e. The summed E-state index contributed by atoms with van der Waals surface area (Å²) in [4.78, 5) is 16.6. The van der Waals surface area contributed by atoms with Gasteiger partial charge in [-0.1, -0.05) is 18.2 Å². The summed E-state index contributed by atoms with van der Waals surface area (Å²) in [6.07, 6.45) is 1.62. The third-order valence-electron chi connectivity index (χ3n) is 2.90. The van der Waals surface area contributed by atoms with Crippen LogP contribution in [-0.4, -0.2) is 23.0 Å². The number of aromatic nitrogens is 1. The smallest absolute Gasteiger partial charge is 0.195 e. The highest BCUT2D eigenvalue weighted by Gasteiger charge is 2.29. The number of Topliss-reactive ketones (excluding diaryl/α,β-unsaturated/α-hetero) is 1. The third kappa shape index (κ3) is 2.41. The number of benzene rings is 1. The molecule has 1 heterocycles. The molecule has 2 aromatic rings. The second-order valence-electron chi connectivity index (χ2n) is 4.69. The maximum atomic E-state index is 12.3. The molecule has 0 bridgehead atoms. The molecule has 0 saturated heterocycles. The van der Waals surface area contributed by atoms with Gasteiger partial charge in [-0.25, -0.2) is 0 Å². The molecule has 3 nitrogen and oxygen atoms in total. The van der Waals surface area contributed by atoms with E-state index in [2.05, 4.69) is 4.98 Å². The molecule has 0 aliphatic carbocycles. The number of pyridine rings is 1. The average Bonchev–Trinajstić information content (AvgIpc) is 2.37. The number of ketones is 1. The SMILES string of the molecule is CCOC(C)(C)C(=O)c1cnc2ccccc2c1.